The molecule has 3 amide bonds. The van der Waals surface area contributed by atoms with Gasteiger partial charge in [0, 0.05) is 18.0 Å². The molecule has 2 fully saturated rings. The maximum Gasteiger partial charge on any atom is 0.326 e. The van der Waals surface area contributed by atoms with E-state index in [1.807, 2.05) is 0 Å². The predicted molar refractivity (Wildman–Crippen MR) is 146 cm³/mol. The van der Waals surface area contributed by atoms with Gasteiger partial charge in [0.25, 0.3) is 5.91 Å². The Morgan fingerprint density at radius 2 is 1.78 bits per heavy atom. The van der Waals surface area contributed by atoms with Gasteiger partial charge in [0.2, 0.25) is 11.8 Å². The van der Waals surface area contributed by atoms with Crippen LogP contribution in [0.1, 0.15) is 74.6 Å². The van der Waals surface area contributed by atoms with E-state index in [1.165, 1.54) is 30.2 Å². The number of fused-ring (bicyclic) bond motifs is 1. The van der Waals surface area contributed by atoms with Crippen molar-refractivity contribution in [2.75, 3.05) is 13.7 Å². The van der Waals surface area contributed by atoms with E-state index >= 15 is 0 Å². The third kappa shape index (κ3) is 8.09. The van der Waals surface area contributed by atoms with Crippen LogP contribution in [0.3, 0.4) is 0 Å². The molecular formula is C28H40N4O9. The molecule has 0 bridgehead atoms. The Morgan fingerprint density at radius 1 is 1.05 bits per heavy atom. The number of carboxylic acids is 2. The Hall–Kier alpha value is -3.87. The highest BCUT2D eigenvalue weighted by Crippen LogP contribution is 2.40. The summed E-state index contributed by atoms with van der Waals surface area (Å²) in [5.74, 6) is -4.21. The van der Waals surface area contributed by atoms with Crippen molar-refractivity contribution in [3.63, 3.8) is 0 Å². The highest BCUT2D eigenvalue weighted by atomic mass is 16.5. The third-order valence-electron chi connectivity index (χ3n) is 7.93. The van der Waals surface area contributed by atoms with Crippen molar-refractivity contribution in [3.8, 4) is 11.5 Å². The SMILES string of the molecule is COc1cc(C(=O)N[C@@H](CCCCN)C(=O)N[C@H](CCC(=O)N2[C@H](C(=O)O)C[C@@H]3CCCC[C@@H]32)C(=O)O)ccc1O. The molecule has 1 saturated heterocycles. The number of carbonyl (C=O) groups excluding carboxylic acids is 3. The van der Waals surface area contributed by atoms with Crippen molar-refractivity contribution in [1.82, 2.24) is 15.5 Å². The molecule has 1 heterocycles. The molecule has 1 aromatic rings. The van der Waals surface area contributed by atoms with Crippen LogP contribution in [0.2, 0.25) is 0 Å². The normalized spacial score (nSPS) is 21.3. The van der Waals surface area contributed by atoms with E-state index in [0.717, 1.165) is 25.7 Å². The van der Waals surface area contributed by atoms with Crippen LogP contribution in [0.5, 0.6) is 11.5 Å². The Kier molecular flexibility index (Phi) is 11.3. The quantitative estimate of drug-likeness (QED) is 0.174. The molecule has 13 nitrogen and oxygen atoms in total. The summed E-state index contributed by atoms with van der Waals surface area (Å²) in [4.78, 5) is 64.5. The second-order valence-electron chi connectivity index (χ2n) is 10.6. The first kappa shape index (κ1) is 31.7. The number of ether oxygens (including phenoxy) is 1. The largest absolute Gasteiger partial charge is 0.504 e. The maximum atomic E-state index is 13.2. The van der Waals surface area contributed by atoms with E-state index in [9.17, 15) is 39.3 Å². The predicted octanol–water partition coefficient (Wildman–Crippen LogP) is 1.22. The number of likely N-dealkylation sites (tertiary alicyclic amines) is 1. The Morgan fingerprint density at radius 3 is 2.44 bits per heavy atom. The molecule has 0 radical (unpaired) electrons. The van der Waals surface area contributed by atoms with Gasteiger partial charge in [-0.2, -0.15) is 0 Å². The number of benzene rings is 1. The Balaban J connectivity index is 1.67. The number of phenolic OH excluding ortho intramolecular Hbond substituents is 1. The number of nitrogens with zero attached hydrogens (tertiary/aromatic N) is 1. The van der Waals surface area contributed by atoms with Gasteiger partial charge in [-0.05, 0) is 75.6 Å². The second-order valence-corrected chi connectivity index (χ2v) is 10.6. The van der Waals surface area contributed by atoms with Crippen LogP contribution in [-0.4, -0.2) is 87.7 Å². The number of amides is 3. The number of aromatic hydroxyl groups is 1. The molecule has 3 rings (SSSR count). The molecule has 13 heteroatoms. The van der Waals surface area contributed by atoms with Gasteiger partial charge in [-0.25, -0.2) is 9.59 Å². The van der Waals surface area contributed by atoms with Crippen LogP contribution in [0, 0.1) is 5.92 Å². The van der Waals surface area contributed by atoms with Crippen molar-refractivity contribution >= 4 is 29.7 Å². The summed E-state index contributed by atoms with van der Waals surface area (Å²) in [6.45, 7) is 0.368. The molecule has 1 aliphatic heterocycles. The third-order valence-corrected chi connectivity index (χ3v) is 7.93. The van der Waals surface area contributed by atoms with Gasteiger partial charge in [-0.15, -0.1) is 0 Å². The topological polar surface area (TPSA) is 209 Å². The number of phenols is 1. The molecule has 2 aliphatic rings. The van der Waals surface area contributed by atoms with Crippen LogP contribution in [0.25, 0.3) is 0 Å². The van der Waals surface area contributed by atoms with Crippen molar-refractivity contribution < 1.29 is 44.0 Å². The average molecular weight is 577 g/mol. The summed E-state index contributed by atoms with van der Waals surface area (Å²) >= 11 is 0. The van der Waals surface area contributed by atoms with Gasteiger partial charge in [-0.3, -0.25) is 14.4 Å². The number of carboxylic acid groups (broad SMARTS) is 2. The lowest BCUT2D eigenvalue weighted by atomic mass is 9.84. The number of aliphatic carboxylic acids is 2. The first-order valence-corrected chi connectivity index (χ1v) is 14.0. The number of nitrogens with two attached hydrogens (primary N) is 1. The lowest BCUT2D eigenvalue weighted by Gasteiger charge is -2.33. The highest BCUT2D eigenvalue weighted by molar-refractivity contribution is 5.98. The summed E-state index contributed by atoms with van der Waals surface area (Å²) in [6, 6.07) is 0.314. The minimum Gasteiger partial charge on any atom is -0.504 e. The van der Waals surface area contributed by atoms with Crippen LogP contribution >= 0.6 is 0 Å². The summed E-state index contributed by atoms with van der Waals surface area (Å²) in [5.41, 5.74) is 5.68. The molecule has 226 valence electrons. The van der Waals surface area contributed by atoms with Crippen molar-refractivity contribution in [1.29, 1.82) is 0 Å². The van der Waals surface area contributed by atoms with Crippen LogP contribution in [0.4, 0.5) is 0 Å². The molecule has 1 aromatic carbocycles. The van der Waals surface area contributed by atoms with Gasteiger partial charge < -0.3 is 41.3 Å². The van der Waals surface area contributed by atoms with Gasteiger partial charge in [0.05, 0.1) is 7.11 Å². The van der Waals surface area contributed by atoms with Crippen LogP contribution in [0.15, 0.2) is 18.2 Å². The molecule has 7 N–H and O–H groups in total. The number of rotatable bonds is 14. The molecule has 1 saturated carbocycles. The van der Waals surface area contributed by atoms with Gasteiger partial charge in [0.15, 0.2) is 11.5 Å². The van der Waals surface area contributed by atoms with Gasteiger partial charge in [-0.1, -0.05) is 12.8 Å². The zero-order valence-corrected chi connectivity index (χ0v) is 23.2. The molecule has 41 heavy (non-hydrogen) atoms. The average Bonchev–Trinajstić information content (AvgIpc) is 3.34. The van der Waals surface area contributed by atoms with Gasteiger partial charge in [0.1, 0.15) is 18.1 Å². The van der Waals surface area contributed by atoms with E-state index in [-0.39, 0.29) is 48.3 Å². The van der Waals surface area contributed by atoms with Crippen LogP contribution in [-0.2, 0) is 19.2 Å². The highest BCUT2D eigenvalue weighted by Gasteiger charge is 2.47. The summed E-state index contributed by atoms with van der Waals surface area (Å²) in [7, 11) is 1.33. The lowest BCUT2D eigenvalue weighted by molar-refractivity contribution is -0.150. The summed E-state index contributed by atoms with van der Waals surface area (Å²) in [5, 5.41) is 34.3. The number of hydrogen-bond donors (Lipinski definition) is 6. The van der Waals surface area contributed by atoms with Crippen molar-refractivity contribution in [2.24, 2.45) is 11.7 Å². The zero-order chi connectivity index (χ0) is 30.1. The molecule has 0 unspecified atom stereocenters. The fraction of sp³-hybridized carbons (Fsp3) is 0.607. The molecule has 0 aromatic heterocycles. The Labute approximate surface area is 238 Å². The first-order chi connectivity index (χ1) is 19.6. The Bertz CT molecular complexity index is 1130. The first-order valence-electron chi connectivity index (χ1n) is 14.0. The molecule has 1 aliphatic carbocycles. The molecule has 5 atom stereocenters. The number of unbranched alkanes of at least 4 members (excludes halogenated alkanes) is 1. The number of hydrogen-bond acceptors (Lipinski definition) is 8. The van der Waals surface area contributed by atoms with E-state index in [2.05, 4.69) is 10.6 Å². The fourth-order valence-electron chi connectivity index (χ4n) is 5.79. The van der Waals surface area contributed by atoms with Crippen molar-refractivity contribution in [2.45, 2.75) is 88.4 Å². The van der Waals surface area contributed by atoms with E-state index < -0.39 is 47.8 Å². The van der Waals surface area contributed by atoms with E-state index in [4.69, 9.17) is 10.5 Å². The van der Waals surface area contributed by atoms with E-state index in [0.29, 0.717) is 25.8 Å². The summed E-state index contributed by atoms with van der Waals surface area (Å²) < 4.78 is 5.03. The molecule has 0 spiro atoms. The summed E-state index contributed by atoms with van der Waals surface area (Å²) in [6.07, 6.45) is 4.63. The van der Waals surface area contributed by atoms with Gasteiger partial charge >= 0.3 is 11.9 Å². The lowest BCUT2D eigenvalue weighted by Crippen LogP contribution is -2.52. The van der Waals surface area contributed by atoms with E-state index in [1.54, 1.807) is 0 Å². The monoisotopic (exact) mass is 576 g/mol. The number of methoxy groups -OCH3 is 1. The number of carbonyl (C=O) groups is 5. The molecular weight excluding hydrogens is 536 g/mol. The fourth-order valence-corrected chi connectivity index (χ4v) is 5.79. The minimum absolute atomic E-state index is 0.0695. The zero-order valence-electron chi connectivity index (χ0n) is 23.2. The second kappa shape index (κ2) is 14.7. The smallest absolute Gasteiger partial charge is 0.326 e. The maximum absolute atomic E-state index is 13.2. The number of nitrogens with one attached hydrogen (secondary N) is 2. The standard InChI is InChI=1S/C28H40N4O9/c1-41-23-15-17(9-11-22(23)33)25(35)30-18(7-4-5-13-29)26(36)31-19(27(37)38)10-12-24(34)32-20-8-3-2-6-16(20)14-21(32)28(39)40/h9,11,15-16,18-21,33H,2-8,10,12-14,29H2,1H3,(H,30,35)(H,31,36)(H,37,38)(H,39,40)/t16-,18-,19+,20-,21-/m0/s1. The van der Waals surface area contributed by atoms with Crippen LogP contribution < -0.4 is 21.1 Å². The minimum atomic E-state index is -1.43. The van der Waals surface area contributed by atoms with Crippen molar-refractivity contribution in [3.05, 3.63) is 23.8 Å².